The minimum Gasteiger partial charge on any atom is -0.489 e. The Morgan fingerprint density at radius 2 is 1.24 bits per heavy atom. The Bertz CT molecular complexity index is 610. The first-order chi connectivity index (χ1) is 13.5. The van der Waals surface area contributed by atoms with Gasteiger partial charge in [-0.25, -0.2) is 14.2 Å². The van der Waals surface area contributed by atoms with E-state index in [0.717, 1.165) is 0 Å². The topological polar surface area (TPSA) is 108 Å². The van der Waals surface area contributed by atoms with E-state index >= 15 is 0 Å². The van der Waals surface area contributed by atoms with E-state index in [1.165, 1.54) is 20.4 Å². The summed E-state index contributed by atoms with van der Waals surface area (Å²) in [4.78, 5) is 0. The second kappa shape index (κ2) is 31.6. The van der Waals surface area contributed by atoms with Crippen LogP contribution in [0.25, 0.3) is 0 Å². The average Bonchev–Trinajstić information content (AvgIpc) is 3.21. The van der Waals surface area contributed by atoms with Crippen molar-refractivity contribution < 1.29 is 112 Å². The van der Waals surface area contributed by atoms with E-state index in [1.807, 2.05) is 0 Å². The molecular formula is C20H48B2O10P2S2Y2. The van der Waals surface area contributed by atoms with Crippen LogP contribution >= 0.6 is 42.2 Å². The SMILES string of the molecule is C.S.S.[B]C1CC(OC)C(COP(C)(=O)O[CH2-])O1.[B]C1CC(OP(C)(=O)O[CH2-])C(OC)O1.[CH3-].[CH3-].[CH3-].[CH3-].[Y+3].[Y+3]. The fourth-order valence-electron chi connectivity index (χ4n) is 2.62. The summed E-state index contributed by atoms with van der Waals surface area (Å²) in [5.41, 5.74) is 0. The second-order valence-corrected chi connectivity index (χ2v) is 10.5. The molecule has 2 saturated heterocycles. The molecule has 222 valence electrons. The first kappa shape index (κ1) is 64.2. The van der Waals surface area contributed by atoms with Crippen molar-refractivity contribution >= 4 is 57.9 Å². The van der Waals surface area contributed by atoms with E-state index in [-0.39, 0.29) is 154 Å². The Labute approximate surface area is 301 Å². The molecule has 0 aromatic rings. The van der Waals surface area contributed by atoms with Crippen molar-refractivity contribution in [3.05, 3.63) is 43.9 Å². The Balaban J connectivity index is -0.0000000512. The zero-order valence-corrected chi connectivity index (χ0v) is 32.8. The van der Waals surface area contributed by atoms with Crippen LogP contribution in [0.15, 0.2) is 0 Å². The monoisotopic (exact) mass is 774 g/mol. The molecule has 2 fully saturated rings. The summed E-state index contributed by atoms with van der Waals surface area (Å²) in [6.45, 7) is 2.79. The zero-order valence-electron chi connectivity index (χ0n) is 23.3. The minimum absolute atomic E-state index is 0. The normalized spacial score (nSPS) is 27.5. The Morgan fingerprint density at radius 3 is 1.63 bits per heavy atom. The fraction of sp³-hybridized carbons (Fsp3) is 0.700. The summed E-state index contributed by atoms with van der Waals surface area (Å²) in [7, 11) is 14.1. The van der Waals surface area contributed by atoms with Gasteiger partial charge in [0.15, 0.2) is 6.29 Å². The molecule has 0 aliphatic carbocycles. The van der Waals surface area contributed by atoms with Gasteiger partial charge in [0.05, 0.1) is 12.7 Å². The summed E-state index contributed by atoms with van der Waals surface area (Å²) in [5.74, 6) is 0. The maximum atomic E-state index is 11.4. The molecule has 0 bridgehead atoms. The first-order valence-corrected chi connectivity index (χ1v) is 12.7. The van der Waals surface area contributed by atoms with Gasteiger partial charge < -0.3 is 66.7 Å². The van der Waals surface area contributed by atoms with Gasteiger partial charge in [-0.3, -0.25) is 9.13 Å². The third-order valence-electron chi connectivity index (χ3n) is 4.11. The van der Waals surface area contributed by atoms with Crippen LogP contribution in [0.3, 0.4) is 0 Å². The minimum atomic E-state index is -3.13. The van der Waals surface area contributed by atoms with Gasteiger partial charge in [0, 0.05) is 39.6 Å². The Morgan fingerprint density at radius 1 is 0.816 bits per heavy atom. The Hall–Kier alpha value is 3.18. The third-order valence-corrected chi connectivity index (χ3v) is 6.32. The van der Waals surface area contributed by atoms with Crippen molar-refractivity contribution in [1.29, 1.82) is 0 Å². The van der Waals surface area contributed by atoms with Crippen LogP contribution in [0, 0.1) is 43.9 Å². The van der Waals surface area contributed by atoms with E-state index in [1.54, 1.807) is 7.11 Å². The molecule has 0 saturated carbocycles. The predicted octanol–water partition coefficient (Wildman–Crippen LogP) is 4.48. The van der Waals surface area contributed by atoms with Crippen molar-refractivity contribution in [2.45, 2.75) is 56.9 Å². The molecule has 0 aromatic heterocycles. The molecule has 18 heteroatoms. The first-order valence-electron chi connectivity index (χ1n) is 8.70. The fourth-order valence-corrected chi connectivity index (χ4v) is 3.85. The van der Waals surface area contributed by atoms with Crippen LogP contribution in [-0.2, 0) is 112 Å². The van der Waals surface area contributed by atoms with Crippen LogP contribution in [0.1, 0.15) is 20.3 Å². The molecule has 4 radical (unpaired) electrons. The molecule has 0 aromatic carbocycles. The molecule has 0 spiro atoms. The molecule has 0 amide bonds. The molecule has 10 nitrogen and oxygen atoms in total. The molecule has 2 aliphatic heterocycles. The van der Waals surface area contributed by atoms with Gasteiger partial charge in [0.1, 0.15) is 27.9 Å². The number of ether oxygens (including phenoxy) is 4. The van der Waals surface area contributed by atoms with Gasteiger partial charge >= 0.3 is 65.4 Å². The number of methoxy groups -OCH3 is 2. The maximum Gasteiger partial charge on any atom is 3.00 e. The van der Waals surface area contributed by atoms with Gasteiger partial charge in [-0.15, -0.1) is 0 Å². The smallest absolute Gasteiger partial charge is 0.489 e. The Kier molecular flexibility index (Phi) is 53.4. The van der Waals surface area contributed by atoms with Crippen molar-refractivity contribution in [3.63, 3.8) is 0 Å². The molecule has 2 rings (SSSR count). The van der Waals surface area contributed by atoms with E-state index in [9.17, 15) is 9.13 Å². The molecule has 2 heterocycles. The van der Waals surface area contributed by atoms with E-state index < -0.39 is 33.6 Å². The summed E-state index contributed by atoms with van der Waals surface area (Å²) >= 11 is 0. The van der Waals surface area contributed by atoms with Crippen LogP contribution in [0.4, 0.5) is 0 Å². The molecule has 38 heavy (non-hydrogen) atoms. The van der Waals surface area contributed by atoms with Gasteiger partial charge in [-0.1, -0.05) is 7.43 Å². The maximum absolute atomic E-state index is 11.4. The largest absolute Gasteiger partial charge is 3.00 e. The van der Waals surface area contributed by atoms with Gasteiger partial charge in [-0.2, -0.15) is 27.0 Å². The molecular weight excluding hydrogens is 726 g/mol. The summed E-state index contributed by atoms with van der Waals surface area (Å²) < 4.78 is 62.6. The van der Waals surface area contributed by atoms with Crippen LogP contribution in [0.2, 0.25) is 0 Å². The van der Waals surface area contributed by atoms with Crippen molar-refractivity contribution in [2.75, 3.05) is 34.2 Å². The number of hydrogen-bond acceptors (Lipinski definition) is 10. The summed E-state index contributed by atoms with van der Waals surface area (Å²) in [5, 5.41) is 0. The molecule has 2 aliphatic rings. The van der Waals surface area contributed by atoms with E-state index in [2.05, 4.69) is 23.3 Å². The number of rotatable bonds is 9. The summed E-state index contributed by atoms with van der Waals surface area (Å²) in [6.07, 6.45) is -0.511. The third kappa shape index (κ3) is 24.6. The standard InChI is InChI=1S/C8H15BO5P.C7H13BO5P.CH4.4CH3.2H2S.2Y/c1-11-6-4-8(9)14-7(6)5-13-15(3,10)12-2;1-10-7-5(4-6(8)12-7)13-14(3,9)11-2;;;;;;;;;/h6-8H,2,4-5H2,1,3H3;5-7H,2,4H2,1,3H3;1H4;4*1H3;2*1H2;;/q2*-1;;4*-1;;;2*+3. The molecule has 8 atom stereocenters. The predicted molar refractivity (Wildman–Crippen MR) is 160 cm³/mol. The van der Waals surface area contributed by atoms with Crippen molar-refractivity contribution in [3.8, 4) is 0 Å². The van der Waals surface area contributed by atoms with Crippen LogP contribution in [0.5, 0.6) is 0 Å². The van der Waals surface area contributed by atoms with E-state index in [4.69, 9.17) is 43.7 Å². The van der Waals surface area contributed by atoms with Gasteiger partial charge in [0.25, 0.3) is 15.2 Å². The number of hydrogen-bond donors (Lipinski definition) is 0. The zero-order chi connectivity index (χ0) is 22.2. The van der Waals surface area contributed by atoms with E-state index in [0.29, 0.717) is 12.8 Å². The summed E-state index contributed by atoms with van der Waals surface area (Å²) in [6, 6.07) is -0.824. The second-order valence-electron chi connectivity index (χ2n) is 6.48. The van der Waals surface area contributed by atoms with Gasteiger partial charge in [0.2, 0.25) is 0 Å². The van der Waals surface area contributed by atoms with Gasteiger partial charge in [-0.05, 0) is 12.8 Å². The van der Waals surface area contributed by atoms with Crippen LogP contribution < -0.4 is 0 Å². The average molecular weight is 774 g/mol. The van der Waals surface area contributed by atoms with Crippen molar-refractivity contribution in [2.24, 2.45) is 0 Å². The van der Waals surface area contributed by atoms with Crippen molar-refractivity contribution in [1.82, 2.24) is 0 Å². The molecule has 0 N–H and O–H groups in total. The molecule has 8 unspecified atom stereocenters. The quantitative estimate of drug-likeness (QED) is 0.189. The van der Waals surface area contributed by atoms with Crippen LogP contribution in [-0.4, -0.2) is 86.5 Å².